The van der Waals surface area contributed by atoms with Crippen LogP contribution in [0.2, 0.25) is 0 Å². The van der Waals surface area contributed by atoms with Crippen molar-refractivity contribution in [2.75, 3.05) is 0 Å². The molecule has 1 unspecified atom stereocenters. The van der Waals surface area contributed by atoms with E-state index in [0.717, 1.165) is 16.6 Å². The average molecular weight is 227 g/mol. The van der Waals surface area contributed by atoms with Crippen molar-refractivity contribution >= 4 is 11.3 Å². The van der Waals surface area contributed by atoms with Gasteiger partial charge in [-0.25, -0.2) is 0 Å². The van der Waals surface area contributed by atoms with Crippen LogP contribution < -0.4 is 5.32 Å². The molecule has 0 fully saturated rings. The van der Waals surface area contributed by atoms with Gasteiger partial charge in [0.15, 0.2) is 0 Å². The lowest BCUT2D eigenvalue weighted by molar-refractivity contribution is 0.528. The van der Waals surface area contributed by atoms with Crippen LogP contribution in [0.1, 0.15) is 50.6 Å². The Morgan fingerprint density at radius 2 is 1.80 bits per heavy atom. The predicted octanol–water partition coefficient (Wildman–Crippen LogP) is 2.80. The number of aromatic nitrogens is 2. The third kappa shape index (κ3) is 3.87. The first-order valence-corrected chi connectivity index (χ1v) is 6.38. The van der Waals surface area contributed by atoms with Crippen molar-refractivity contribution in [3.63, 3.8) is 0 Å². The van der Waals surface area contributed by atoms with Gasteiger partial charge in [-0.1, -0.05) is 46.0 Å². The van der Waals surface area contributed by atoms with Gasteiger partial charge in [-0.05, 0) is 5.92 Å². The molecule has 0 spiro atoms. The van der Waals surface area contributed by atoms with Crippen molar-refractivity contribution in [1.29, 1.82) is 0 Å². The Morgan fingerprint density at radius 1 is 1.13 bits per heavy atom. The Kier molecular flexibility index (Phi) is 4.67. The summed E-state index contributed by atoms with van der Waals surface area (Å²) in [5.74, 6) is 1.14. The summed E-state index contributed by atoms with van der Waals surface area (Å²) in [7, 11) is 0. The van der Waals surface area contributed by atoms with Crippen molar-refractivity contribution < 1.29 is 0 Å². The summed E-state index contributed by atoms with van der Waals surface area (Å²) in [6.45, 7) is 11.8. The molecule has 0 aliphatic carbocycles. The van der Waals surface area contributed by atoms with Crippen molar-refractivity contribution in [1.82, 2.24) is 15.5 Å². The van der Waals surface area contributed by atoms with E-state index in [1.807, 2.05) is 0 Å². The summed E-state index contributed by atoms with van der Waals surface area (Å²) in [6, 6.07) is 0.500. The summed E-state index contributed by atoms with van der Waals surface area (Å²) < 4.78 is 0. The van der Waals surface area contributed by atoms with Crippen LogP contribution in [0.5, 0.6) is 0 Å². The van der Waals surface area contributed by atoms with Crippen LogP contribution in [0.15, 0.2) is 0 Å². The Bertz CT molecular complexity index is 294. The van der Waals surface area contributed by atoms with Gasteiger partial charge in [-0.2, -0.15) is 0 Å². The first-order valence-electron chi connectivity index (χ1n) is 5.56. The fraction of sp³-hybridized carbons (Fsp3) is 0.818. The predicted molar refractivity (Wildman–Crippen MR) is 65.1 cm³/mol. The van der Waals surface area contributed by atoms with Crippen LogP contribution in [0.25, 0.3) is 0 Å². The second kappa shape index (κ2) is 5.56. The maximum atomic E-state index is 4.24. The molecule has 4 heteroatoms. The van der Waals surface area contributed by atoms with Crippen LogP contribution in [0, 0.1) is 5.92 Å². The third-order valence-corrected chi connectivity index (χ3v) is 3.66. The number of nitrogens with one attached hydrogen (secondary N) is 1. The topological polar surface area (TPSA) is 37.8 Å². The zero-order valence-electron chi connectivity index (χ0n) is 10.2. The molecule has 1 N–H and O–H groups in total. The molecule has 0 aromatic carbocycles. The van der Waals surface area contributed by atoms with E-state index in [1.54, 1.807) is 11.3 Å². The highest BCUT2D eigenvalue weighted by molar-refractivity contribution is 7.11. The van der Waals surface area contributed by atoms with Crippen molar-refractivity contribution in [2.24, 2.45) is 5.92 Å². The maximum Gasteiger partial charge on any atom is 0.131 e. The molecule has 0 aliphatic heterocycles. The summed E-state index contributed by atoms with van der Waals surface area (Å²) in [6.07, 6.45) is 0. The smallest absolute Gasteiger partial charge is 0.131 e. The van der Waals surface area contributed by atoms with Gasteiger partial charge in [0.05, 0.1) is 0 Å². The molecular weight excluding hydrogens is 206 g/mol. The van der Waals surface area contributed by atoms with E-state index < -0.39 is 0 Å². The molecule has 0 saturated carbocycles. The van der Waals surface area contributed by atoms with Crippen molar-refractivity contribution in [3.05, 3.63) is 10.0 Å². The molecule has 0 saturated heterocycles. The molecule has 15 heavy (non-hydrogen) atoms. The highest BCUT2D eigenvalue weighted by Crippen LogP contribution is 2.26. The lowest BCUT2D eigenvalue weighted by Gasteiger charge is -2.10. The lowest BCUT2D eigenvalue weighted by Crippen LogP contribution is -2.21. The van der Waals surface area contributed by atoms with Crippen LogP contribution in [-0.4, -0.2) is 16.2 Å². The molecule has 1 atom stereocenters. The van der Waals surface area contributed by atoms with Crippen LogP contribution >= 0.6 is 11.3 Å². The zero-order chi connectivity index (χ0) is 11.4. The maximum absolute atomic E-state index is 4.24. The molecule has 0 bridgehead atoms. The molecule has 86 valence electrons. The van der Waals surface area contributed by atoms with E-state index >= 15 is 0 Å². The monoisotopic (exact) mass is 227 g/mol. The largest absolute Gasteiger partial charge is 0.308 e. The van der Waals surface area contributed by atoms with Crippen LogP contribution in [-0.2, 0) is 6.54 Å². The normalized spacial score (nSPS) is 13.8. The van der Waals surface area contributed by atoms with Crippen LogP contribution in [0.3, 0.4) is 0 Å². The minimum Gasteiger partial charge on any atom is -0.308 e. The first-order chi connectivity index (χ1) is 7.00. The summed E-state index contributed by atoms with van der Waals surface area (Å²) in [4.78, 5) is 0. The molecular formula is C11H21N3S. The Balaban J connectivity index is 2.56. The lowest BCUT2D eigenvalue weighted by atomic mass is 9.99. The first kappa shape index (κ1) is 12.6. The van der Waals surface area contributed by atoms with E-state index in [2.05, 4.69) is 50.1 Å². The van der Waals surface area contributed by atoms with E-state index in [4.69, 9.17) is 0 Å². The molecule has 1 aromatic heterocycles. The summed E-state index contributed by atoms with van der Waals surface area (Å²) >= 11 is 1.73. The van der Waals surface area contributed by atoms with E-state index in [-0.39, 0.29) is 0 Å². The third-order valence-electron chi connectivity index (χ3n) is 2.53. The number of hydrogen-bond acceptors (Lipinski definition) is 4. The minimum absolute atomic E-state index is 0.500. The molecule has 0 radical (unpaired) electrons. The summed E-state index contributed by atoms with van der Waals surface area (Å²) in [5, 5.41) is 14.0. The Hall–Kier alpha value is -0.480. The van der Waals surface area contributed by atoms with Gasteiger partial charge in [-0.3, -0.25) is 0 Å². The number of hydrogen-bond donors (Lipinski definition) is 1. The molecule has 0 amide bonds. The van der Waals surface area contributed by atoms with Crippen molar-refractivity contribution in [2.45, 2.75) is 53.1 Å². The zero-order valence-corrected chi connectivity index (χ0v) is 11.1. The van der Waals surface area contributed by atoms with E-state index in [0.29, 0.717) is 17.9 Å². The standard InChI is InChI=1S/C11H21N3S/c1-7(2)9(5)11-14-13-10(15-11)6-12-8(3)4/h7-9,12H,6H2,1-5H3. The molecule has 1 aromatic rings. The fourth-order valence-electron chi connectivity index (χ4n) is 1.10. The highest BCUT2D eigenvalue weighted by atomic mass is 32.1. The van der Waals surface area contributed by atoms with Crippen molar-refractivity contribution in [3.8, 4) is 0 Å². The molecule has 0 aliphatic rings. The van der Waals surface area contributed by atoms with Gasteiger partial charge in [-0.15, -0.1) is 10.2 Å². The van der Waals surface area contributed by atoms with Gasteiger partial charge in [0.25, 0.3) is 0 Å². The Labute approximate surface area is 96.3 Å². The highest BCUT2D eigenvalue weighted by Gasteiger charge is 2.15. The Morgan fingerprint density at radius 3 is 2.33 bits per heavy atom. The second-order valence-corrected chi connectivity index (χ2v) is 5.70. The van der Waals surface area contributed by atoms with Gasteiger partial charge in [0, 0.05) is 18.5 Å². The SMILES string of the molecule is CC(C)NCc1nnc(C(C)C(C)C)s1. The van der Waals surface area contributed by atoms with Gasteiger partial charge in [0.2, 0.25) is 0 Å². The van der Waals surface area contributed by atoms with Crippen LogP contribution in [0.4, 0.5) is 0 Å². The van der Waals surface area contributed by atoms with Gasteiger partial charge >= 0.3 is 0 Å². The minimum atomic E-state index is 0.500. The molecule has 1 rings (SSSR count). The van der Waals surface area contributed by atoms with E-state index in [9.17, 15) is 0 Å². The quantitative estimate of drug-likeness (QED) is 0.840. The summed E-state index contributed by atoms with van der Waals surface area (Å²) in [5.41, 5.74) is 0. The van der Waals surface area contributed by atoms with Gasteiger partial charge in [0.1, 0.15) is 10.0 Å². The van der Waals surface area contributed by atoms with Gasteiger partial charge < -0.3 is 5.32 Å². The number of rotatable bonds is 5. The van der Waals surface area contributed by atoms with E-state index in [1.165, 1.54) is 0 Å². The molecule has 3 nitrogen and oxygen atoms in total. The number of nitrogens with zero attached hydrogens (tertiary/aromatic N) is 2. The second-order valence-electron chi connectivity index (χ2n) is 4.60. The fourth-order valence-corrected chi connectivity index (χ4v) is 2.12. The molecule has 1 heterocycles. The average Bonchev–Trinajstić information content (AvgIpc) is 2.61.